The minimum absolute atomic E-state index is 0.138. The van der Waals surface area contributed by atoms with Gasteiger partial charge in [0.15, 0.2) is 5.69 Å². The third-order valence-corrected chi connectivity index (χ3v) is 5.13. The average molecular weight is 436 g/mol. The highest BCUT2D eigenvalue weighted by Crippen LogP contribution is 2.34. The van der Waals surface area contributed by atoms with E-state index in [1.807, 2.05) is 0 Å². The first kappa shape index (κ1) is 20.4. The van der Waals surface area contributed by atoms with E-state index in [1.165, 1.54) is 4.68 Å². The molecule has 30 heavy (non-hydrogen) atoms. The van der Waals surface area contributed by atoms with Crippen molar-refractivity contribution < 1.29 is 22.7 Å². The number of hydrogen-bond donors (Lipinski definition) is 0. The molecule has 1 saturated heterocycles. The predicted octanol–water partition coefficient (Wildman–Crippen LogP) is 4.68. The summed E-state index contributed by atoms with van der Waals surface area (Å²) < 4.78 is 46.4. The number of morpholine rings is 1. The van der Waals surface area contributed by atoms with Gasteiger partial charge in [0, 0.05) is 24.2 Å². The van der Waals surface area contributed by atoms with Crippen LogP contribution in [-0.2, 0) is 10.9 Å². The van der Waals surface area contributed by atoms with E-state index in [0.29, 0.717) is 43.1 Å². The zero-order chi connectivity index (χ0) is 21.3. The molecule has 9 heteroatoms. The van der Waals surface area contributed by atoms with Gasteiger partial charge in [0.2, 0.25) is 0 Å². The number of alkyl halides is 3. The van der Waals surface area contributed by atoms with Crippen LogP contribution in [0.4, 0.5) is 13.2 Å². The van der Waals surface area contributed by atoms with Gasteiger partial charge in [0.05, 0.1) is 29.6 Å². The van der Waals surface area contributed by atoms with Crippen LogP contribution in [-0.4, -0.2) is 46.9 Å². The number of para-hydroxylation sites is 1. The fraction of sp³-hybridized carbons (Fsp3) is 0.238. The van der Waals surface area contributed by atoms with Crippen molar-refractivity contribution in [1.82, 2.24) is 14.7 Å². The summed E-state index contributed by atoms with van der Waals surface area (Å²) >= 11 is 6.19. The molecule has 156 valence electrons. The quantitative estimate of drug-likeness (QED) is 0.600. The molecule has 3 aromatic rings. The maximum absolute atomic E-state index is 13.3. The number of nitrogens with zero attached hydrogens (tertiary/aromatic N) is 3. The lowest BCUT2D eigenvalue weighted by Gasteiger charge is -2.26. The van der Waals surface area contributed by atoms with Crippen molar-refractivity contribution in [3.05, 3.63) is 70.9 Å². The average Bonchev–Trinajstić information content (AvgIpc) is 3.20. The molecule has 0 bridgehead atoms. The van der Waals surface area contributed by atoms with Gasteiger partial charge < -0.3 is 9.64 Å². The van der Waals surface area contributed by atoms with Crippen molar-refractivity contribution in [2.75, 3.05) is 26.3 Å². The number of carbonyl (C=O) groups excluding carboxylic acids is 1. The first-order valence-corrected chi connectivity index (χ1v) is 9.62. The Labute approximate surface area is 175 Å². The zero-order valence-electron chi connectivity index (χ0n) is 15.7. The van der Waals surface area contributed by atoms with Gasteiger partial charge in [0.25, 0.3) is 5.91 Å². The van der Waals surface area contributed by atoms with E-state index in [9.17, 15) is 18.0 Å². The summed E-state index contributed by atoms with van der Waals surface area (Å²) in [6.45, 7) is 1.99. The Kier molecular flexibility index (Phi) is 5.53. The number of benzene rings is 2. The van der Waals surface area contributed by atoms with Crippen molar-refractivity contribution in [2.24, 2.45) is 0 Å². The number of carbonyl (C=O) groups is 1. The number of ether oxygens (including phenoxy) is 1. The predicted molar refractivity (Wildman–Crippen MR) is 106 cm³/mol. The highest BCUT2D eigenvalue weighted by Gasteiger charge is 2.35. The Morgan fingerprint density at radius 3 is 2.33 bits per heavy atom. The SMILES string of the molecule is O=C(c1ccc(-c2cc(C(F)(F)F)nn2-c2ccccc2Cl)cc1)N1CCOCC1. The van der Waals surface area contributed by atoms with Gasteiger partial charge in [-0.2, -0.15) is 18.3 Å². The Morgan fingerprint density at radius 2 is 1.70 bits per heavy atom. The van der Waals surface area contributed by atoms with Gasteiger partial charge >= 0.3 is 6.18 Å². The molecular weight excluding hydrogens is 419 g/mol. The van der Waals surface area contributed by atoms with Gasteiger partial charge in [-0.3, -0.25) is 4.79 Å². The van der Waals surface area contributed by atoms with Crippen molar-refractivity contribution >= 4 is 17.5 Å². The Morgan fingerprint density at radius 1 is 1.03 bits per heavy atom. The first-order valence-electron chi connectivity index (χ1n) is 9.24. The van der Waals surface area contributed by atoms with Crippen molar-refractivity contribution in [3.63, 3.8) is 0 Å². The molecule has 5 nitrogen and oxygen atoms in total. The van der Waals surface area contributed by atoms with E-state index < -0.39 is 11.9 Å². The molecule has 4 rings (SSSR count). The lowest BCUT2D eigenvalue weighted by atomic mass is 10.1. The van der Waals surface area contributed by atoms with E-state index in [0.717, 1.165) is 6.07 Å². The summed E-state index contributed by atoms with van der Waals surface area (Å²) in [4.78, 5) is 14.3. The Balaban J connectivity index is 1.72. The maximum atomic E-state index is 13.3. The van der Waals surface area contributed by atoms with Crippen LogP contribution in [0.15, 0.2) is 54.6 Å². The van der Waals surface area contributed by atoms with Crippen LogP contribution < -0.4 is 0 Å². The van der Waals surface area contributed by atoms with Crippen LogP contribution >= 0.6 is 11.6 Å². The number of rotatable bonds is 3. The van der Waals surface area contributed by atoms with Crippen molar-refractivity contribution in [1.29, 1.82) is 0 Å². The van der Waals surface area contributed by atoms with Gasteiger partial charge in [-0.05, 0) is 30.3 Å². The van der Waals surface area contributed by atoms with Crippen LogP contribution in [0.25, 0.3) is 16.9 Å². The second kappa shape index (κ2) is 8.12. The fourth-order valence-corrected chi connectivity index (χ4v) is 3.48. The van der Waals surface area contributed by atoms with E-state index in [2.05, 4.69) is 5.10 Å². The lowest BCUT2D eigenvalue weighted by molar-refractivity contribution is -0.141. The summed E-state index contributed by atoms with van der Waals surface area (Å²) in [6.07, 6.45) is -4.60. The van der Waals surface area contributed by atoms with Crippen LogP contribution in [0, 0.1) is 0 Å². The molecule has 0 atom stereocenters. The molecule has 0 unspecified atom stereocenters. The summed E-state index contributed by atoms with van der Waals surface area (Å²) in [5.41, 5.74) is 0.474. The molecule has 1 amide bonds. The third kappa shape index (κ3) is 4.06. The molecule has 0 radical (unpaired) electrons. The molecule has 0 saturated carbocycles. The van der Waals surface area contributed by atoms with Gasteiger partial charge in [-0.15, -0.1) is 0 Å². The van der Waals surface area contributed by atoms with E-state index in [-0.39, 0.29) is 16.6 Å². The number of aromatic nitrogens is 2. The van der Waals surface area contributed by atoms with E-state index in [1.54, 1.807) is 53.4 Å². The molecule has 1 fully saturated rings. The highest BCUT2D eigenvalue weighted by atomic mass is 35.5. The first-order chi connectivity index (χ1) is 14.3. The number of halogens is 4. The maximum Gasteiger partial charge on any atom is 0.435 e. The number of hydrogen-bond acceptors (Lipinski definition) is 3. The smallest absolute Gasteiger partial charge is 0.378 e. The lowest BCUT2D eigenvalue weighted by Crippen LogP contribution is -2.40. The van der Waals surface area contributed by atoms with E-state index in [4.69, 9.17) is 16.3 Å². The number of amides is 1. The van der Waals surface area contributed by atoms with Crippen LogP contribution in [0.3, 0.4) is 0 Å². The molecule has 0 N–H and O–H groups in total. The van der Waals surface area contributed by atoms with Crippen molar-refractivity contribution in [2.45, 2.75) is 6.18 Å². The molecule has 1 aliphatic heterocycles. The van der Waals surface area contributed by atoms with Crippen LogP contribution in [0.5, 0.6) is 0 Å². The monoisotopic (exact) mass is 435 g/mol. The minimum atomic E-state index is -4.60. The third-order valence-electron chi connectivity index (χ3n) is 4.81. The summed E-state index contributed by atoms with van der Waals surface area (Å²) in [5, 5.41) is 4.01. The molecule has 2 heterocycles. The largest absolute Gasteiger partial charge is 0.435 e. The highest BCUT2D eigenvalue weighted by molar-refractivity contribution is 6.32. The van der Waals surface area contributed by atoms with Gasteiger partial charge in [-0.25, -0.2) is 4.68 Å². The molecule has 0 spiro atoms. The molecule has 0 aliphatic carbocycles. The van der Waals surface area contributed by atoms with Crippen LogP contribution in [0.1, 0.15) is 16.1 Å². The standard InChI is InChI=1S/C21H17ClF3N3O2/c22-16-3-1-2-4-17(16)28-18(13-19(26-28)21(23,24)25)14-5-7-15(8-6-14)20(29)27-9-11-30-12-10-27/h1-8,13H,9-12H2. The van der Waals surface area contributed by atoms with E-state index >= 15 is 0 Å². The normalized spacial score (nSPS) is 14.7. The topological polar surface area (TPSA) is 47.4 Å². The molecule has 1 aliphatic rings. The molecule has 1 aromatic heterocycles. The van der Waals surface area contributed by atoms with Crippen molar-refractivity contribution in [3.8, 4) is 16.9 Å². The zero-order valence-corrected chi connectivity index (χ0v) is 16.5. The summed E-state index contributed by atoms with van der Waals surface area (Å²) in [6, 6.07) is 13.9. The van der Waals surface area contributed by atoms with Gasteiger partial charge in [0.1, 0.15) is 0 Å². The summed E-state index contributed by atoms with van der Waals surface area (Å²) in [5.74, 6) is -0.138. The molecular formula is C21H17ClF3N3O2. The van der Waals surface area contributed by atoms with Gasteiger partial charge in [-0.1, -0.05) is 35.9 Å². The molecule has 2 aromatic carbocycles. The second-order valence-corrected chi connectivity index (χ2v) is 7.16. The fourth-order valence-electron chi connectivity index (χ4n) is 3.26. The summed E-state index contributed by atoms with van der Waals surface area (Å²) in [7, 11) is 0. The van der Waals surface area contributed by atoms with Crippen LogP contribution in [0.2, 0.25) is 5.02 Å². The Bertz CT molecular complexity index is 1060. The Hall–Kier alpha value is -2.84. The minimum Gasteiger partial charge on any atom is -0.378 e. The second-order valence-electron chi connectivity index (χ2n) is 6.76.